The van der Waals surface area contributed by atoms with E-state index in [0.29, 0.717) is 23.5 Å². The van der Waals surface area contributed by atoms with Crippen LogP contribution in [0.15, 0.2) is 59.4 Å². The second kappa shape index (κ2) is 8.70. The highest BCUT2D eigenvalue weighted by Gasteiger charge is 2.19. The van der Waals surface area contributed by atoms with Crippen molar-refractivity contribution >= 4 is 22.6 Å². The van der Waals surface area contributed by atoms with Crippen LogP contribution in [0.1, 0.15) is 23.7 Å². The summed E-state index contributed by atoms with van der Waals surface area (Å²) < 4.78 is 8.46. The minimum Gasteiger partial charge on any atom is -0.497 e. The van der Waals surface area contributed by atoms with Crippen molar-refractivity contribution in [1.29, 1.82) is 0 Å². The van der Waals surface area contributed by atoms with E-state index in [0.717, 1.165) is 27.9 Å². The summed E-state index contributed by atoms with van der Waals surface area (Å²) in [5, 5.41) is 8.48. The van der Waals surface area contributed by atoms with Crippen molar-refractivity contribution in [2.24, 2.45) is 0 Å². The van der Waals surface area contributed by atoms with Gasteiger partial charge in [-0.15, -0.1) is 0 Å². The number of methoxy groups -OCH3 is 1. The Hall–Kier alpha value is -3.87. The monoisotopic (exact) mass is 430 g/mol. The van der Waals surface area contributed by atoms with Crippen LogP contribution in [0, 0.1) is 13.8 Å². The number of aromatic nitrogens is 3. The predicted molar refractivity (Wildman–Crippen MR) is 126 cm³/mol. The summed E-state index contributed by atoms with van der Waals surface area (Å²) in [7, 11) is 1.57. The Bertz CT molecular complexity index is 1350. The number of benzene rings is 2. The summed E-state index contributed by atoms with van der Waals surface area (Å²) in [6.45, 7) is 5.83. The third-order valence-electron chi connectivity index (χ3n) is 5.49. The van der Waals surface area contributed by atoms with E-state index in [1.54, 1.807) is 42.1 Å². The number of fused-ring (bicyclic) bond motifs is 1. The molecule has 4 aromatic rings. The zero-order valence-electron chi connectivity index (χ0n) is 18.7. The van der Waals surface area contributed by atoms with Crippen molar-refractivity contribution in [2.75, 3.05) is 12.4 Å². The van der Waals surface area contributed by atoms with Crippen molar-refractivity contribution < 1.29 is 9.53 Å². The molecule has 0 fully saturated rings. The van der Waals surface area contributed by atoms with Crippen LogP contribution in [0.25, 0.3) is 16.7 Å². The Balaban J connectivity index is 1.81. The molecule has 2 aromatic carbocycles. The fourth-order valence-corrected chi connectivity index (χ4v) is 3.89. The van der Waals surface area contributed by atoms with E-state index in [4.69, 9.17) is 9.84 Å². The number of nitrogens with zero attached hydrogens (tertiary/aromatic N) is 3. The van der Waals surface area contributed by atoms with Gasteiger partial charge in [0.15, 0.2) is 0 Å². The Morgan fingerprint density at radius 1 is 1.09 bits per heavy atom. The van der Waals surface area contributed by atoms with E-state index >= 15 is 0 Å². The largest absolute Gasteiger partial charge is 0.497 e. The first-order valence-electron chi connectivity index (χ1n) is 10.5. The minimum atomic E-state index is -0.305. The lowest BCUT2D eigenvalue weighted by atomic mass is 10.1. The van der Waals surface area contributed by atoms with E-state index in [1.165, 1.54) is 4.57 Å². The van der Waals surface area contributed by atoms with Crippen LogP contribution in [0.5, 0.6) is 5.75 Å². The molecule has 2 aromatic heterocycles. The van der Waals surface area contributed by atoms with Crippen LogP contribution in [0.4, 0.5) is 5.69 Å². The molecule has 0 aliphatic carbocycles. The second-order valence-electron chi connectivity index (χ2n) is 7.76. The van der Waals surface area contributed by atoms with Crippen LogP contribution in [0.2, 0.25) is 0 Å². The Morgan fingerprint density at radius 3 is 2.53 bits per heavy atom. The molecular formula is C25H26N4O3. The molecule has 0 radical (unpaired) electrons. The molecule has 0 saturated heterocycles. The predicted octanol–water partition coefficient (Wildman–Crippen LogP) is 4.01. The summed E-state index contributed by atoms with van der Waals surface area (Å²) in [5.74, 6) is 0.336. The lowest BCUT2D eigenvalue weighted by molar-refractivity contribution is -0.116. The summed E-state index contributed by atoms with van der Waals surface area (Å²) in [6, 6.07) is 16.6. The van der Waals surface area contributed by atoms with Gasteiger partial charge in [0.05, 0.1) is 18.5 Å². The zero-order valence-corrected chi connectivity index (χ0v) is 18.7. The molecule has 2 heterocycles. The van der Waals surface area contributed by atoms with Crippen LogP contribution in [0.3, 0.4) is 0 Å². The van der Waals surface area contributed by atoms with Gasteiger partial charge in [0, 0.05) is 23.2 Å². The molecule has 7 heteroatoms. The van der Waals surface area contributed by atoms with Gasteiger partial charge in [-0.2, -0.15) is 5.10 Å². The van der Waals surface area contributed by atoms with Crippen molar-refractivity contribution in [3.05, 3.63) is 81.8 Å². The highest BCUT2D eigenvalue weighted by molar-refractivity contribution is 5.92. The molecule has 0 spiro atoms. The molecule has 0 aliphatic rings. The fourth-order valence-electron chi connectivity index (χ4n) is 3.89. The van der Waals surface area contributed by atoms with Crippen molar-refractivity contribution in [3.63, 3.8) is 0 Å². The summed E-state index contributed by atoms with van der Waals surface area (Å²) >= 11 is 0. The normalized spacial score (nSPS) is 11.0. The summed E-state index contributed by atoms with van der Waals surface area (Å²) in [4.78, 5) is 26.0. The molecule has 164 valence electrons. The Kier molecular flexibility index (Phi) is 5.81. The van der Waals surface area contributed by atoms with Gasteiger partial charge >= 0.3 is 0 Å². The Morgan fingerprint density at radius 2 is 1.84 bits per heavy atom. The molecule has 0 bridgehead atoms. The van der Waals surface area contributed by atoms with E-state index < -0.39 is 0 Å². The maximum atomic E-state index is 13.1. The number of pyridine rings is 1. The standard InChI is InChI=1S/C25H26N4O3/c1-5-18-13-23(31)28(15-22(30)26-19-7-6-8-21(14-19)32-4)25-24(18)17(3)27-29(25)20-11-9-16(2)10-12-20/h6-14H,5,15H2,1-4H3,(H,26,30). The molecule has 0 aliphatic heterocycles. The number of hydrogen-bond donors (Lipinski definition) is 1. The average molecular weight is 431 g/mol. The molecule has 1 amide bonds. The van der Waals surface area contributed by atoms with Gasteiger partial charge in [0.25, 0.3) is 5.56 Å². The van der Waals surface area contributed by atoms with Crippen LogP contribution in [-0.4, -0.2) is 27.4 Å². The van der Waals surface area contributed by atoms with Crippen molar-refractivity contribution in [2.45, 2.75) is 33.7 Å². The average Bonchev–Trinajstić information content (AvgIpc) is 3.13. The number of aryl methyl sites for hydroxylation is 3. The fraction of sp³-hybridized carbons (Fsp3) is 0.240. The van der Waals surface area contributed by atoms with Crippen molar-refractivity contribution in [3.8, 4) is 11.4 Å². The summed E-state index contributed by atoms with van der Waals surface area (Å²) in [6.07, 6.45) is 0.697. The van der Waals surface area contributed by atoms with Crippen LogP contribution < -0.4 is 15.6 Å². The molecule has 7 nitrogen and oxygen atoms in total. The van der Waals surface area contributed by atoms with Gasteiger partial charge < -0.3 is 10.1 Å². The number of amides is 1. The highest BCUT2D eigenvalue weighted by atomic mass is 16.5. The Labute approximate surface area is 186 Å². The number of carbonyl (C=O) groups is 1. The second-order valence-corrected chi connectivity index (χ2v) is 7.76. The van der Waals surface area contributed by atoms with Crippen LogP contribution in [-0.2, 0) is 17.8 Å². The lowest BCUT2D eigenvalue weighted by Crippen LogP contribution is -2.29. The van der Waals surface area contributed by atoms with Gasteiger partial charge in [0.2, 0.25) is 5.91 Å². The molecule has 1 N–H and O–H groups in total. The van der Waals surface area contributed by atoms with Gasteiger partial charge in [-0.25, -0.2) is 4.68 Å². The number of rotatable bonds is 6. The quantitative estimate of drug-likeness (QED) is 0.501. The number of carbonyl (C=O) groups excluding carboxylic acids is 1. The maximum Gasteiger partial charge on any atom is 0.252 e. The van der Waals surface area contributed by atoms with Gasteiger partial charge in [0.1, 0.15) is 17.9 Å². The van der Waals surface area contributed by atoms with Crippen LogP contribution >= 0.6 is 0 Å². The molecule has 32 heavy (non-hydrogen) atoms. The third-order valence-corrected chi connectivity index (χ3v) is 5.49. The number of hydrogen-bond acceptors (Lipinski definition) is 4. The van der Waals surface area contributed by atoms with E-state index in [2.05, 4.69) is 5.32 Å². The van der Waals surface area contributed by atoms with Crippen molar-refractivity contribution in [1.82, 2.24) is 14.3 Å². The van der Waals surface area contributed by atoms with Gasteiger partial charge in [-0.1, -0.05) is 30.7 Å². The molecule has 0 unspecified atom stereocenters. The maximum absolute atomic E-state index is 13.1. The minimum absolute atomic E-state index is 0.131. The summed E-state index contributed by atoms with van der Waals surface area (Å²) in [5.41, 5.74) is 4.70. The molecule has 4 rings (SSSR count). The van der Waals surface area contributed by atoms with E-state index in [-0.39, 0.29) is 18.0 Å². The smallest absolute Gasteiger partial charge is 0.252 e. The first-order chi connectivity index (χ1) is 15.4. The third kappa shape index (κ3) is 4.01. The van der Waals surface area contributed by atoms with E-state index in [9.17, 15) is 9.59 Å². The zero-order chi connectivity index (χ0) is 22.8. The first kappa shape index (κ1) is 21.4. The molecule has 0 saturated carbocycles. The molecular weight excluding hydrogens is 404 g/mol. The molecule has 0 atom stereocenters. The first-order valence-corrected chi connectivity index (χ1v) is 10.5. The van der Waals surface area contributed by atoms with E-state index in [1.807, 2.05) is 45.0 Å². The van der Waals surface area contributed by atoms with Gasteiger partial charge in [-0.3, -0.25) is 14.2 Å². The number of ether oxygens (including phenoxy) is 1. The van der Waals surface area contributed by atoms with Gasteiger partial charge in [-0.05, 0) is 50.1 Å². The SMILES string of the molecule is CCc1cc(=O)n(CC(=O)Nc2cccc(OC)c2)c2c1c(C)nn2-c1ccc(C)cc1. The number of nitrogens with one attached hydrogen (secondary N) is 1. The topological polar surface area (TPSA) is 78.2 Å². The highest BCUT2D eigenvalue weighted by Crippen LogP contribution is 2.25. The lowest BCUT2D eigenvalue weighted by Gasteiger charge is -2.13. The number of anilines is 1.